The first kappa shape index (κ1) is 19.0. The molecule has 2 rings (SSSR count). The highest BCUT2D eigenvalue weighted by atomic mass is 35.5. The number of rotatable bonds is 4. The molecule has 0 aliphatic carbocycles. The second-order valence-corrected chi connectivity index (χ2v) is 9.12. The molecule has 0 saturated carbocycles. The minimum absolute atomic E-state index is 0.0515. The molecule has 1 aromatic rings. The first-order chi connectivity index (χ1) is 11.1. The number of halogens is 1. The largest absolute Gasteiger partial charge is 0.369 e. The summed E-state index contributed by atoms with van der Waals surface area (Å²) in [7, 11) is -3.45. The lowest BCUT2D eigenvalue weighted by Gasteiger charge is -2.41. The predicted octanol–water partition coefficient (Wildman–Crippen LogP) is 2.32. The van der Waals surface area contributed by atoms with Crippen molar-refractivity contribution in [3.05, 3.63) is 29.3 Å². The summed E-state index contributed by atoms with van der Waals surface area (Å²) in [5.74, 6) is -0.163. The third-order valence-electron chi connectivity index (χ3n) is 3.68. The van der Waals surface area contributed by atoms with Gasteiger partial charge >= 0.3 is 6.03 Å². The van der Waals surface area contributed by atoms with E-state index in [0.717, 1.165) is 0 Å². The molecule has 134 valence electrons. The molecule has 1 atom stereocenters. The van der Waals surface area contributed by atoms with Crippen LogP contribution in [0.15, 0.2) is 29.2 Å². The van der Waals surface area contributed by atoms with Crippen LogP contribution in [0, 0.1) is 0 Å². The van der Waals surface area contributed by atoms with E-state index in [1.54, 1.807) is 4.90 Å². The molecule has 1 saturated heterocycles. The highest BCUT2D eigenvalue weighted by molar-refractivity contribution is 7.91. The Labute approximate surface area is 148 Å². The van der Waals surface area contributed by atoms with Crippen molar-refractivity contribution in [2.75, 3.05) is 25.4 Å². The van der Waals surface area contributed by atoms with Gasteiger partial charge in [0.2, 0.25) is 0 Å². The summed E-state index contributed by atoms with van der Waals surface area (Å²) in [6.45, 7) is 6.76. The lowest BCUT2D eigenvalue weighted by molar-refractivity contribution is -0.117. The maximum absolute atomic E-state index is 12.2. The summed E-state index contributed by atoms with van der Waals surface area (Å²) in [5, 5.41) is 3.15. The van der Waals surface area contributed by atoms with E-state index < -0.39 is 15.4 Å². The fraction of sp³-hybridized carbons (Fsp3) is 0.562. The SMILES string of the molecule is C[C@@H]1CN(C(=O)NCCS(=O)(=O)c2ccc(Cl)cc2)CC(C)(C)O1. The number of urea groups is 1. The molecule has 1 heterocycles. The lowest BCUT2D eigenvalue weighted by Crippen LogP contribution is -2.56. The van der Waals surface area contributed by atoms with Crippen molar-refractivity contribution >= 4 is 27.5 Å². The standard InChI is InChI=1S/C16H23ClN2O4S/c1-12-10-19(11-16(2,3)23-12)15(20)18-8-9-24(21,22)14-6-4-13(17)5-7-14/h4-7,12H,8-11H2,1-3H3,(H,18,20)/t12-/m1/s1. The number of amides is 2. The lowest BCUT2D eigenvalue weighted by atomic mass is 10.1. The summed E-state index contributed by atoms with van der Waals surface area (Å²) < 4.78 is 30.2. The van der Waals surface area contributed by atoms with E-state index in [9.17, 15) is 13.2 Å². The number of carbonyl (C=O) groups excluding carboxylic acids is 1. The first-order valence-electron chi connectivity index (χ1n) is 7.78. The summed E-state index contributed by atoms with van der Waals surface area (Å²) >= 11 is 5.76. The summed E-state index contributed by atoms with van der Waals surface area (Å²) in [4.78, 5) is 14.1. The molecule has 1 aromatic carbocycles. The van der Waals surface area contributed by atoms with Crippen molar-refractivity contribution in [2.24, 2.45) is 0 Å². The molecule has 24 heavy (non-hydrogen) atoms. The molecule has 2 amide bonds. The molecule has 1 N–H and O–H groups in total. The summed E-state index contributed by atoms with van der Waals surface area (Å²) in [6.07, 6.45) is -0.0581. The number of hydrogen-bond acceptors (Lipinski definition) is 4. The van der Waals surface area contributed by atoms with Gasteiger partial charge in [0.25, 0.3) is 0 Å². The van der Waals surface area contributed by atoms with Crippen LogP contribution < -0.4 is 5.32 Å². The van der Waals surface area contributed by atoms with E-state index in [0.29, 0.717) is 18.1 Å². The van der Waals surface area contributed by atoms with Gasteiger partial charge in [-0.1, -0.05) is 11.6 Å². The van der Waals surface area contributed by atoms with Crippen molar-refractivity contribution in [1.82, 2.24) is 10.2 Å². The Bertz CT molecular complexity index is 689. The zero-order valence-corrected chi connectivity index (χ0v) is 15.7. The van der Waals surface area contributed by atoms with Crippen molar-refractivity contribution < 1.29 is 17.9 Å². The van der Waals surface area contributed by atoms with Crippen LogP contribution in [-0.4, -0.2) is 56.4 Å². The van der Waals surface area contributed by atoms with Gasteiger partial charge in [0.1, 0.15) is 0 Å². The second-order valence-electron chi connectivity index (χ2n) is 6.57. The van der Waals surface area contributed by atoms with Crippen LogP contribution in [-0.2, 0) is 14.6 Å². The highest BCUT2D eigenvalue weighted by Crippen LogP contribution is 2.20. The Kier molecular flexibility index (Phi) is 5.78. The van der Waals surface area contributed by atoms with Gasteiger partial charge in [-0.15, -0.1) is 0 Å². The summed E-state index contributed by atoms with van der Waals surface area (Å²) in [6, 6.07) is 5.72. The van der Waals surface area contributed by atoms with Crippen molar-refractivity contribution in [3.8, 4) is 0 Å². The van der Waals surface area contributed by atoms with Gasteiger partial charge in [0.05, 0.1) is 28.9 Å². The Balaban J connectivity index is 1.89. The van der Waals surface area contributed by atoms with Crippen molar-refractivity contribution in [2.45, 2.75) is 37.4 Å². The second kappa shape index (κ2) is 7.29. The quantitative estimate of drug-likeness (QED) is 0.877. The average Bonchev–Trinajstić information content (AvgIpc) is 2.45. The van der Waals surface area contributed by atoms with Crippen molar-refractivity contribution in [3.63, 3.8) is 0 Å². The fourth-order valence-corrected chi connectivity index (χ4v) is 4.06. The Hall–Kier alpha value is -1.31. The Morgan fingerprint density at radius 2 is 2.00 bits per heavy atom. The minimum atomic E-state index is -3.45. The summed E-state index contributed by atoms with van der Waals surface area (Å²) in [5.41, 5.74) is -0.412. The average molecular weight is 375 g/mol. The first-order valence-corrected chi connectivity index (χ1v) is 9.81. The van der Waals surface area contributed by atoms with Gasteiger partial charge in [-0.2, -0.15) is 0 Å². The maximum Gasteiger partial charge on any atom is 0.317 e. The zero-order chi connectivity index (χ0) is 18.0. The predicted molar refractivity (Wildman–Crippen MR) is 93.1 cm³/mol. The topological polar surface area (TPSA) is 75.7 Å². The van der Waals surface area contributed by atoms with Gasteiger partial charge in [0, 0.05) is 18.1 Å². The van der Waals surface area contributed by atoms with Gasteiger partial charge in [-0.3, -0.25) is 0 Å². The number of hydrogen-bond donors (Lipinski definition) is 1. The number of nitrogens with one attached hydrogen (secondary N) is 1. The maximum atomic E-state index is 12.2. The number of nitrogens with zero attached hydrogens (tertiary/aromatic N) is 1. The number of carbonyl (C=O) groups is 1. The molecule has 1 aliphatic rings. The smallest absolute Gasteiger partial charge is 0.317 e. The molecule has 0 spiro atoms. The van der Waals surface area contributed by atoms with Crippen LogP contribution in [0.1, 0.15) is 20.8 Å². The molecule has 0 aromatic heterocycles. The van der Waals surface area contributed by atoms with Crippen LogP contribution in [0.2, 0.25) is 5.02 Å². The van der Waals surface area contributed by atoms with Crippen LogP contribution in [0.4, 0.5) is 4.79 Å². The fourth-order valence-electron chi connectivity index (χ4n) is 2.77. The highest BCUT2D eigenvalue weighted by Gasteiger charge is 2.33. The Morgan fingerprint density at radius 1 is 1.38 bits per heavy atom. The third-order valence-corrected chi connectivity index (χ3v) is 5.66. The van der Waals surface area contributed by atoms with Gasteiger partial charge in [0.15, 0.2) is 9.84 Å². The molecule has 0 bridgehead atoms. The van der Waals surface area contributed by atoms with E-state index in [2.05, 4.69) is 5.32 Å². The molecular formula is C16H23ClN2O4S. The van der Waals surface area contributed by atoms with Crippen LogP contribution in [0.5, 0.6) is 0 Å². The molecule has 0 unspecified atom stereocenters. The van der Waals surface area contributed by atoms with E-state index in [-0.39, 0.29) is 29.3 Å². The van der Waals surface area contributed by atoms with Crippen molar-refractivity contribution in [1.29, 1.82) is 0 Å². The van der Waals surface area contributed by atoms with E-state index in [1.807, 2.05) is 20.8 Å². The van der Waals surface area contributed by atoms with Crippen LogP contribution >= 0.6 is 11.6 Å². The Morgan fingerprint density at radius 3 is 2.58 bits per heavy atom. The number of morpholine rings is 1. The number of sulfone groups is 1. The molecule has 6 nitrogen and oxygen atoms in total. The van der Waals surface area contributed by atoms with Gasteiger partial charge < -0.3 is 15.0 Å². The van der Waals surface area contributed by atoms with E-state index in [1.165, 1.54) is 24.3 Å². The molecule has 0 radical (unpaired) electrons. The van der Waals surface area contributed by atoms with E-state index in [4.69, 9.17) is 16.3 Å². The molecule has 8 heteroatoms. The monoisotopic (exact) mass is 374 g/mol. The van der Waals surface area contributed by atoms with E-state index >= 15 is 0 Å². The molecule has 1 fully saturated rings. The van der Waals surface area contributed by atoms with Gasteiger partial charge in [-0.05, 0) is 45.0 Å². The van der Waals surface area contributed by atoms with Crippen LogP contribution in [0.25, 0.3) is 0 Å². The zero-order valence-electron chi connectivity index (χ0n) is 14.1. The molecule has 1 aliphatic heterocycles. The number of benzene rings is 1. The number of ether oxygens (including phenoxy) is 1. The van der Waals surface area contributed by atoms with Crippen LogP contribution in [0.3, 0.4) is 0 Å². The molecular weight excluding hydrogens is 352 g/mol. The van der Waals surface area contributed by atoms with Gasteiger partial charge in [-0.25, -0.2) is 13.2 Å². The minimum Gasteiger partial charge on any atom is -0.369 e. The normalized spacial score (nSPS) is 20.7. The third kappa shape index (κ3) is 5.09.